The summed E-state index contributed by atoms with van der Waals surface area (Å²) in [7, 11) is 0. The number of aromatic nitrogens is 4. The molecule has 1 atom stereocenters. The van der Waals surface area contributed by atoms with Gasteiger partial charge in [0.1, 0.15) is 13.2 Å². The van der Waals surface area contributed by atoms with Crippen LogP contribution in [-0.4, -0.2) is 72.0 Å². The maximum Gasteiger partial charge on any atom is 0.323 e. The molecule has 0 radical (unpaired) electrons. The highest BCUT2D eigenvalue weighted by atomic mass is 17.0. The van der Waals surface area contributed by atoms with Gasteiger partial charge in [0.15, 0.2) is 0 Å². The number of benzene rings is 2. The molecule has 1 aromatic heterocycles. The third-order valence-electron chi connectivity index (χ3n) is 5.13. The Kier molecular flexibility index (Phi) is 12.3. The highest BCUT2D eigenvalue weighted by Gasteiger charge is 2.18. The molecular weight excluding hydrogens is 496 g/mol. The van der Waals surface area contributed by atoms with Crippen LogP contribution >= 0.6 is 0 Å². The maximum atomic E-state index is 12.6. The Morgan fingerprint density at radius 2 is 1.79 bits per heavy atom. The lowest BCUT2D eigenvalue weighted by molar-refractivity contribution is -0.759. The third kappa shape index (κ3) is 9.93. The fourth-order valence-electron chi connectivity index (χ4n) is 3.49. The molecule has 13 heteroatoms. The van der Waals surface area contributed by atoms with Gasteiger partial charge in [0, 0.05) is 18.5 Å². The van der Waals surface area contributed by atoms with E-state index in [2.05, 4.69) is 39.3 Å². The van der Waals surface area contributed by atoms with Crippen molar-refractivity contribution < 1.29 is 29.7 Å². The number of hydrogen-bond donors (Lipinski definition) is 3. The molecule has 0 saturated heterocycles. The second-order valence-electron chi connectivity index (χ2n) is 8.39. The Balaban J connectivity index is 0.00000161. The SMILES string of the molecule is CCC.O=C(O)CN(Cc1ccc(-c2ccccc2-c2nn[nH]n2)cc1)C(=O)CCCC(O)CO[N+](=O)[O-]. The maximum absolute atomic E-state index is 12.6. The number of carbonyl (C=O) groups excluding carboxylic acids is 1. The zero-order valence-corrected chi connectivity index (χ0v) is 21.3. The molecule has 1 unspecified atom stereocenters. The number of aliphatic hydroxyl groups excluding tert-OH is 1. The van der Waals surface area contributed by atoms with Gasteiger partial charge in [-0.3, -0.25) is 9.59 Å². The molecule has 0 spiro atoms. The topological polar surface area (TPSA) is 185 Å². The van der Waals surface area contributed by atoms with Crippen LogP contribution in [0, 0.1) is 10.1 Å². The van der Waals surface area contributed by atoms with Crippen LogP contribution in [0.3, 0.4) is 0 Å². The van der Waals surface area contributed by atoms with Crippen molar-refractivity contribution in [2.75, 3.05) is 13.2 Å². The van der Waals surface area contributed by atoms with E-state index in [0.29, 0.717) is 5.82 Å². The predicted molar refractivity (Wildman–Crippen MR) is 137 cm³/mol. The summed E-state index contributed by atoms with van der Waals surface area (Å²) < 4.78 is 0. The summed E-state index contributed by atoms with van der Waals surface area (Å²) in [4.78, 5) is 39.4. The summed E-state index contributed by atoms with van der Waals surface area (Å²) >= 11 is 0. The van der Waals surface area contributed by atoms with Gasteiger partial charge >= 0.3 is 5.97 Å². The number of carbonyl (C=O) groups is 2. The molecule has 0 fully saturated rings. The van der Waals surface area contributed by atoms with E-state index in [-0.39, 0.29) is 25.8 Å². The standard InChI is InChI=1S/C22H24N6O7.C3H8/c29-17(14-35-28(33)34)4-3-7-20(30)27(13-21(31)32)12-15-8-10-16(11-9-15)18-5-1-2-6-19(18)22-23-25-26-24-22;1-3-2/h1-2,5-6,8-11,17,29H,3-4,7,12-14H2,(H,31,32)(H,23,24,25,26);3H2,1-2H3. The minimum atomic E-state index is -1.15. The number of amides is 1. The molecule has 1 amide bonds. The number of aliphatic carboxylic acids is 1. The number of aliphatic hydroxyl groups is 1. The molecule has 3 N–H and O–H groups in total. The first-order valence-electron chi connectivity index (χ1n) is 12.1. The second kappa shape index (κ2) is 15.7. The highest BCUT2D eigenvalue weighted by Crippen LogP contribution is 2.29. The van der Waals surface area contributed by atoms with Gasteiger partial charge in [0.25, 0.3) is 5.09 Å². The van der Waals surface area contributed by atoms with Gasteiger partial charge < -0.3 is 20.0 Å². The fraction of sp³-hybridized carbons (Fsp3) is 0.400. The summed E-state index contributed by atoms with van der Waals surface area (Å²) in [6.07, 6.45) is 0.473. The largest absolute Gasteiger partial charge is 0.480 e. The van der Waals surface area contributed by atoms with E-state index in [1.807, 2.05) is 48.5 Å². The summed E-state index contributed by atoms with van der Waals surface area (Å²) in [6, 6.07) is 14.9. The molecule has 0 aliphatic carbocycles. The number of rotatable bonds is 13. The van der Waals surface area contributed by atoms with Crippen LogP contribution in [0.1, 0.15) is 45.1 Å². The van der Waals surface area contributed by atoms with E-state index >= 15 is 0 Å². The van der Waals surface area contributed by atoms with Crippen LogP contribution in [0.5, 0.6) is 0 Å². The first-order chi connectivity index (χ1) is 18.2. The summed E-state index contributed by atoms with van der Waals surface area (Å²) in [5.41, 5.74) is 3.30. The summed E-state index contributed by atoms with van der Waals surface area (Å²) in [6.45, 7) is 3.38. The third-order valence-corrected chi connectivity index (χ3v) is 5.13. The number of H-pyrrole nitrogens is 1. The number of hydrogen-bond acceptors (Lipinski definition) is 9. The van der Waals surface area contributed by atoms with Gasteiger partial charge in [-0.15, -0.1) is 20.3 Å². The van der Waals surface area contributed by atoms with Crippen LogP contribution in [0.2, 0.25) is 0 Å². The lowest BCUT2D eigenvalue weighted by Gasteiger charge is -2.21. The normalized spacial score (nSPS) is 11.1. The Morgan fingerprint density at radius 1 is 1.13 bits per heavy atom. The number of carboxylic acids is 1. The Labute approximate surface area is 219 Å². The van der Waals surface area contributed by atoms with Gasteiger partial charge in [-0.1, -0.05) is 68.8 Å². The Bertz CT molecular complexity index is 1160. The number of aromatic amines is 1. The van der Waals surface area contributed by atoms with Crippen LogP contribution in [0.4, 0.5) is 0 Å². The van der Waals surface area contributed by atoms with Gasteiger partial charge in [0.2, 0.25) is 11.7 Å². The number of tetrazole rings is 1. The van der Waals surface area contributed by atoms with E-state index < -0.39 is 36.2 Å². The van der Waals surface area contributed by atoms with Crippen molar-refractivity contribution in [2.45, 2.75) is 52.2 Å². The van der Waals surface area contributed by atoms with Crippen molar-refractivity contribution in [1.29, 1.82) is 0 Å². The lowest BCUT2D eigenvalue weighted by atomic mass is 9.98. The zero-order chi connectivity index (χ0) is 27.9. The Morgan fingerprint density at radius 3 is 2.37 bits per heavy atom. The molecule has 2 aromatic carbocycles. The number of nitrogens with one attached hydrogen (secondary N) is 1. The molecule has 38 heavy (non-hydrogen) atoms. The molecule has 1 heterocycles. The number of nitrogens with zero attached hydrogens (tertiary/aromatic N) is 5. The van der Waals surface area contributed by atoms with Crippen LogP contribution in [0.25, 0.3) is 22.5 Å². The molecule has 0 aliphatic rings. The minimum Gasteiger partial charge on any atom is -0.480 e. The quantitative estimate of drug-likeness (QED) is 0.220. The summed E-state index contributed by atoms with van der Waals surface area (Å²) in [5.74, 6) is -1.09. The van der Waals surface area contributed by atoms with Gasteiger partial charge in [-0.05, 0) is 34.7 Å². The predicted octanol–water partition coefficient (Wildman–Crippen LogP) is 3.10. The summed E-state index contributed by atoms with van der Waals surface area (Å²) in [5, 5.41) is 42.2. The van der Waals surface area contributed by atoms with Gasteiger partial charge in [0.05, 0.1) is 6.10 Å². The lowest BCUT2D eigenvalue weighted by Crippen LogP contribution is -2.35. The van der Waals surface area contributed by atoms with Crippen molar-refractivity contribution in [2.24, 2.45) is 0 Å². The zero-order valence-electron chi connectivity index (χ0n) is 21.3. The van der Waals surface area contributed by atoms with Gasteiger partial charge in [-0.2, -0.15) is 5.21 Å². The molecule has 13 nitrogen and oxygen atoms in total. The van der Waals surface area contributed by atoms with E-state index in [1.54, 1.807) is 0 Å². The first kappa shape index (κ1) is 29.8. The Hall–Kier alpha value is -4.39. The molecular formula is C25H32N6O7. The van der Waals surface area contributed by atoms with Crippen molar-refractivity contribution in [3.8, 4) is 22.5 Å². The molecule has 204 valence electrons. The highest BCUT2D eigenvalue weighted by molar-refractivity contribution is 5.82. The fourth-order valence-corrected chi connectivity index (χ4v) is 3.49. The van der Waals surface area contributed by atoms with E-state index in [0.717, 1.165) is 22.3 Å². The van der Waals surface area contributed by atoms with Crippen LogP contribution < -0.4 is 0 Å². The average Bonchev–Trinajstić information content (AvgIpc) is 3.43. The molecule has 0 saturated carbocycles. The van der Waals surface area contributed by atoms with E-state index in [4.69, 9.17) is 0 Å². The molecule has 0 bridgehead atoms. The first-order valence-corrected chi connectivity index (χ1v) is 12.1. The van der Waals surface area contributed by atoms with Gasteiger partial charge in [-0.25, -0.2) is 0 Å². The number of carboxylic acid groups (broad SMARTS) is 1. The molecule has 3 rings (SSSR count). The van der Waals surface area contributed by atoms with E-state index in [9.17, 15) is 29.9 Å². The van der Waals surface area contributed by atoms with Crippen molar-refractivity contribution in [3.63, 3.8) is 0 Å². The van der Waals surface area contributed by atoms with E-state index in [1.165, 1.54) is 11.3 Å². The van der Waals surface area contributed by atoms with Crippen molar-refractivity contribution >= 4 is 11.9 Å². The van der Waals surface area contributed by atoms with Crippen molar-refractivity contribution in [3.05, 3.63) is 64.2 Å². The van der Waals surface area contributed by atoms with Crippen LogP contribution in [-0.2, 0) is 21.0 Å². The van der Waals surface area contributed by atoms with Crippen molar-refractivity contribution in [1.82, 2.24) is 25.5 Å². The second-order valence-corrected chi connectivity index (χ2v) is 8.39. The smallest absolute Gasteiger partial charge is 0.323 e. The average molecular weight is 529 g/mol. The molecule has 3 aromatic rings. The molecule has 0 aliphatic heterocycles. The van der Waals surface area contributed by atoms with Crippen LogP contribution in [0.15, 0.2) is 48.5 Å². The monoisotopic (exact) mass is 528 g/mol. The minimum absolute atomic E-state index is 0.0149.